The molecule has 0 spiro atoms. The van der Waals surface area contributed by atoms with Gasteiger partial charge in [0.25, 0.3) is 0 Å². The molecule has 0 aliphatic rings. The van der Waals surface area contributed by atoms with Gasteiger partial charge in [-0.2, -0.15) is 9.98 Å². The van der Waals surface area contributed by atoms with Crippen molar-refractivity contribution in [3.05, 3.63) is 28.8 Å². The van der Waals surface area contributed by atoms with Gasteiger partial charge in [-0.1, -0.05) is 11.6 Å². The van der Waals surface area contributed by atoms with E-state index < -0.39 is 10.0 Å². The fraction of sp³-hybridized carbons (Fsp3) is 0.222. The molecule has 15 heavy (non-hydrogen) atoms. The van der Waals surface area contributed by atoms with Crippen LogP contribution in [0.1, 0.15) is 5.56 Å². The SMILES string of the molecule is Cc1cc(S(=O)(=O)NCC#N)ccc1Cl. The van der Waals surface area contributed by atoms with Crippen molar-refractivity contribution in [2.75, 3.05) is 6.54 Å². The Morgan fingerprint density at radius 3 is 2.73 bits per heavy atom. The Kier molecular flexibility index (Phi) is 3.69. The van der Waals surface area contributed by atoms with E-state index in [1.165, 1.54) is 18.2 Å². The molecule has 1 N–H and O–H groups in total. The van der Waals surface area contributed by atoms with Crippen LogP contribution < -0.4 is 4.72 Å². The molecule has 0 fully saturated rings. The summed E-state index contributed by atoms with van der Waals surface area (Å²) in [7, 11) is -3.59. The van der Waals surface area contributed by atoms with Crippen LogP contribution >= 0.6 is 11.6 Å². The van der Waals surface area contributed by atoms with Crippen LogP contribution in [0.4, 0.5) is 0 Å². The smallest absolute Gasteiger partial charge is 0.207 e. The van der Waals surface area contributed by atoms with E-state index in [-0.39, 0.29) is 11.4 Å². The minimum atomic E-state index is -3.59. The van der Waals surface area contributed by atoms with Crippen LogP contribution in [-0.4, -0.2) is 15.0 Å². The molecule has 0 atom stereocenters. The van der Waals surface area contributed by atoms with Gasteiger partial charge in [-0.15, -0.1) is 0 Å². The topological polar surface area (TPSA) is 70.0 Å². The van der Waals surface area contributed by atoms with Crippen molar-refractivity contribution < 1.29 is 8.42 Å². The quantitative estimate of drug-likeness (QED) is 0.819. The molecule has 6 heteroatoms. The van der Waals surface area contributed by atoms with Gasteiger partial charge in [0.2, 0.25) is 10.0 Å². The first-order chi connectivity index (χ1) is 6.97. The Morgan fingerprint density at radius 2 is 2.20 bits per heavy atom. The van der Waals surface area contributed by atoms with E-state index in [2.05, 4.69) is 4.72 Å². The third-order valence-corrected chi connectivity index (χ3v) is 3.60. The zero-order valence-electron chi connectivity index (χ0n) is 7.99. The average molecular weight is 245 g/mol. The minimum absolute atomic E-state index is 0.111. The van der Waals surface area contributed by atoms with Crippen LogP contribution in [0.2, 0.25) is 5.02 Å². The summed E-state index contributed by atoms with van der Waals surface area (Å²) in [5.74, 6) is 0. The molecule has 0 bridgehead atoms. The van der Waals surface area contributed by atoms with Gasteiger partial charge in [-0.05, 0) is 30.7 Å². The summed E-state index contributed by atoms with van der Waals surface area (Å²) < 4.78 is 25.2. The highest BCUT2D eigenvalue weighted by Crippen LogP contribution is 2.19. The Hall–Kier alpha value is -1.09. The van der Waals surface area contributed by atoms with E-state index in [1.54, 1.807) is 13.0 Å². The molecule has 0 amide bonds. The summed E-state index contributed by atoms with van der Waals surface area (Å²) in [4.78, 5) is 0.111. The number of nitrogens with zero attached hydrogens (tertiary/aromatic N) is 1. The van der Waals surface area contributed by atoms with Crippen molar-refractivity contribution in [1.29, 1.82) is 5.26 Å². The van der Waals surface area contributed by atoms with Gasteiger partial charge in [0.05, 0.1) is 17.5 Å². The first kappa shape index (κ1) is 12.0. The van der Waals surface area contributed by atoms with Crippen molar-refractivity contribution in [2.45, 2.75) is 11.8 Å². The fourth-order valence-corrected chi connectivity index (χ4v) is 2.11. The summed E-state index contributed by atoms with van der Waals surface area (Å²) in [6.07, 6.45) is 0. The van der Waals surface area contributed by atoms with Gasteiger partial charge < -0.3 is 0 Å². The van der Waals surface area contributed by atoms with Crippen molar-refractivity contribution in [3.63, 3.8) is 0 Å². The molecule has 4 nitrogen and oxygen atoms in total. The normalized spacial score (nSPS) is 11.0. The second-order valence-corrected chi connectivity index (χ2v) is 5.07. The summed E-state index contributed by atoms with van der Waals surface area (Å²) >= 11 is 5.77. The van der Waals surface area contributed by atoms with Gasteiger partial charge >= 0.3 is 0 Å². The maximum atomic E-state index is 11.5. The number of nitrogens with one attached hydrogen (secondary N) is 1. The molecule has 0 aliphatic heterocycles. The Labute approximate surface area is 93.5 Å². The molecule has 0 unspecified atom stereocenters. The molecule has 0 aliphatic carbocycles. The lowest BCUT2D eigenvalue weighted by Gasteiger charge is -2.05. The first-order valence-electron chi connectivity index (χ1n) is 4.10. The van der Waals surface area contributed by atoms with E-state index in [9.17, 15) is 8.42 Å². The predicted molar refractivity (Wildman–Crippen MR) is 57.0 cm³/mol. The fourth-order valence-electron chi connectivity index (χ4n) is 0.995. The van der Waals surface area contributed by atoms with Gasteiger partial charge in [0, 0.05) is 5.02 Å². The van der Waals surface area contributed by atoms with Gasteiger partial charge in [0.1, 0.15) is 0 Å². The van der Waals surface area contributed by atoms with Crippen LogP contribution in [0.5, 0.6) is 0 Å². The van der Waals surface area contributed by atoms with E-state index in [1.807, 2.05) is 0 Å². The van der Waals surface area contributed by atoms with Crippen LogP contribution in [-0.2, 0) is 10.0 Å². The Morgan fingerprint density at radius 1 is 1.53 bits per heavy atom. The largest absolute Gasteiger partial charge is 0.241 e. The van der Waals surface area contributed by atoms with Crippen LogP contribution in [0.25, 0.3) is 0 Å². The Balaban J connectivity index is 3.07. The zero-order valence-corrected chi connectivity index (χ0v) is 9.56. The summed E-state index contributed by atoms with van der Waals surface area (Å²) in [5, 5.41) is 8.79. The van der Waals surface area contributed by atoms with E-state index in [0.717, 1.165) is 0 Å². The Bertz CT molecular complexity index is 505. The number of nitriles is 1. The summed E-state index contributed by atoms with van der Waals surface area (Å²) in [5.41, 5.74) is 0.677. The van der Waals surface area contributed by atoms with Crippen molar-refractivity contribution in [1.82, 2.24) is 4.72 Å². The molecule has 1 aromatic carbocycles. The summed E-state index contributed by atoms with van der Waals surface area (Å²) in [6, 6.07) is 6.07. The van der Waals surface area contributed by atoms with Gasteiger partial charge in [-0.3, -0.25) is 0 Å². The number of benzene rings is 1. The third-order valence-electron chi connectivity index (χ3n) is 1.78. The number of halogens is 1. The molecule has 0 saturated heterocycles. The molecule has 1 rings (SSSR count). The molecule has 0 heterocycles. The molecular formula is C9H9ClN2O2S. The maximum absolute atomic E-state index is 11.5. The van der Waals surface area contributed by atoms with E-state index >= 15 is 0 Å². The van der Waals surface area contributed by atoms with Crippen molar-refractivity contribution >= 4 is 21.6 Å². The number of hydrogen-bond acceptors (Lipinski definition) is 3. The summed E-state index contributed by atoms with van der Waals surface area (Å²) in [6.45, 7) is 1.47. The molecular weight excluding hydrogens is 236 g/mol. The molecule has 0 radical (unpaired) electrons. The standard InChI is InChI=1S/C9H9ClN2O2S/c1-7-6-8(2-3-9(7)10)15(13,14)12-5-4-11/h2-3,6,12H,5H2,1H3. The molecule has 80 valence electrons. The average Bonchev–Trinajstić information content (AvgIpc) is 2.19. The highest BCUT2D eigenvalue weighted by atomic mass is 35.5. The highest BCUT2D eigenvalue weighted by Gasteiger charge is 2.13. The molecule has 0 aromatic heterocycles. The maximum Gasteiger partial charge on any atom is 0.241 e. The second-order valence-electron chi connectivity index (χ2n) is 2.89. The predicted octanol–water partition coefficient (Wildman–Crippen LogP) is 1.45. The number of rotatable bonds is 3. The van der Waals surface area contributed by atoms with Crippen LogP contribution in [0, 0.1) is 18.3 Å². The lowest BCUT2D eigenvalue weighted by Crippen LogP contribution is -2.23. The van der Waals surface area contributed by atoms with E-state index in [0.29, 0.717) is 10.6 Å². The molecule has 1 aromatic rings. The lowest BCUT2D eigenvalue weighted by molar-refractivity contribution is 0.586. The van der Waals surface area contributed by atoms with Crippen molar-refractivity contribution in [2.24, 2.45) is 0 Å². The zero-order chi connectivity index (χ0) is 11.5. The molecule has 0 saturated carbocycles. The third kappa shape index (κ3) is 2.93. The lowest BCUT2D eigenvalue weighted by atomic mass is 10.2. The monoisotopic (exact) mass is 244 g/mol. The van der Waals surface area contributed by atoms with Crippen LogP contribution in [0.3, 0.4) is 0 Å². The first-order valence-corrected chi connectivity index (χ1v) is 5.96. The van der Waals surface area contributed by atoms with Gasteiger partial charge in [0.15, 0.2) is 0 Å². The second kappa shape index (κ2) is 4.62. The highest BCUT2D eigenvalue weighted by molar-refractivity contribution is 7.89. The van der Waals surface area contributed by atoms with Crippen molar-refractivity contribution in [3.8, 4) is 6.07 Å². The van der Waals surface area contributed by atoms with Gasteiger partial charge in [-0.25, -0.2) is 8.42 Å². The number of aryl methyl sites for hydroxylation is 1. The van der Waals surface area contributed by atoms with Crippen LogP contribution in [0.15, 0.2) is 23.1 Å². The number of sulfonamides is 1. The number of hydrogen-bond donors (Lipinski definition) is 1. The van der Waals surface area contributed by atoms with E-state index in [4.69, 9.17) is 16.9 Å². The minimum Gasteiger partial charge on any atom is -0.207 e.